The van der Waals surface area contributed by atoms with Crippen molar-refractivity contribution < 1.29 is 4.74 Å². The topological polar surface area (TPSA) is 47.3 Å². The zero-order chi connectivity index (χ0) is 14.8. The second kappa shape index (κ2) is 5.88. The van der Waals surface area contributed by atoms with Crippen molar-refractivity contribution in [1.29, 1.82) is 0 Å². The summed E-state index contributed by atoms with van der Waals surface area (Å²) in [7, 11) is 0. The van der Waals surface area contributed by atoms with Crippen molar-refractivity contribution >= 4 is 0 Å². The summed E-state index contributed by atoms with van der Waals surface area (Å²) in [6, 6.07) is 16.9. The van der Waals surface area contributed by atoms with Crippen LogP contribution in [-0.2, 0) is 6.42 Å². The van der Waals surface area contributed by atoms with Gasteiger partial charge in [-0.15, -0.1) is 0 Å². The fourth-order valence-electron chi connectivity index (χ4n) is 3.09. The maximum atomic E-state index is 5.83. The molecule has 3 N–H and O–H groups in total. The van der Waals surface area contributed by atoms with Crippen molar-refractivity contribution in [2.45, 2.75) is 38.3 Å². The molecule has 2 aromatic rings. The fraction of sp³-hybridized carbons (Fsp3) is 0.333. The molecule has 0 saturated heterocycles. The number of benzene rings is 2. The van der Waals surface area contributed by atoms with Crippen molar-refractivity contribution in [3.8, 4) is 5.75 Å². The molecule has 0 saturated carbocycles. The minimum absolute atomic E-state index is 0.121. The van der Waals surface area contributed by atoms with Gasteiger partial charge in [-0.3, -0.25) is 11.3 Å². The summed E-state index contributed by atoms with van der Waals surface area (Å²) < 4.78 is 5.78. The summed E-state index contributed by atoms with van der Waals surface area (Å²) in [5.41, 5.74) is 6.99. The van der Waals surface area contributed by atoms with E-state index in [1.165, 1.54) is 16.7 Å². The summed E-state index contributed by atoms with van der Waals surface area (Å²) in [5, 5.41) is 0. The maximum absolute atomic E-state index is 5.83. The molecule has 2 atom stereocenters. The van der Waals surface area contributed by atoms with Crippen LogP contribution in [0.5, 0.6) is 5.75 Å². The number of hydrazine groups is 1. The molecule has 2 unspecified atom stereocenters. The largest absolute Gasteiger partial charge is 0.491 e. The van der Waals surface area contributed by atoms with E-state index >= 15 is 0 Å². The van der Waals surface area contributed by atoms with E-state index in [1.807, 2.05) is 26.0 Å². The number of rotatable bonds is 5. The van der Waals surface area contributed by atoms with Crippen LogP contribution in [0.2, 0.25) is 0 Å². The third-order valence-electron chi connectivity index (χ3n) is 4.07. The van der Waals surface area contributed by atoms with Crippen LogP contribution < -0.4 is 16.0 Å². The van der Waals surface area contributed by atoms with Gasteiger partial charge in [-0.25, -0.2) is 0 Å². The SMILES string of the molecule is CC(C)Oc1cccc(C(NN)C2Cc3ccccc32)c1. The van der Waals surface area contributed by atoms with Gasteiger partial charge in [0, 0.05) is 5.92 Å². The molecule has 0 heterocycles. The average Bonchev–Trinajstić information content (AvgIpc) is 2.44. The summed E-state index contributed by atoms with van der Waals surface area (Å²) >= 11 is 0. The lowest BCUT2D eigenvalue weighted by atomic mass is 9.72. The maximum Gasteiger partial charge on any atom is 0.120 e. The van der Waals surface area contributed by atoms with E-state index in [9.17, 15) is 0 Å². The van der Waals surface area contributed by atoms with Gasteiger partial charge in [0.2, 0.25) is 0 Å². The molecule has 3 rings (SSSR count). The molecule has 3 nitrogen and oxygen atoms in total. The molecule has 2 aromatic carbocycles. The monoisotopic (exact) mass is 282 g/mol. The van der Waals surface area contributed by atoms with Crippen molar-refractivity contribution in [2.75, 3.05) is 0 Å². The lowest BCUT2D eigenvalue weighted by Crippen LogP contribution is -2.37. The van der Waals surface area contributed by atoms with Crippen molar-refractivity contribution in [1.82, 2.24) is 5.43 Å². The third kappa shape index (κ3) is 2.80. The van der Waals surface area contributed by atoms with Gasteiger partial charge >= 0.3 is 0 Å². The molecule has 0 radical (unpaired) electrons. The Labute approximate surface area is 126 Å². The van der Waals surface area contributed by atoms with Crippen LogP contribution in [0.15, 0.2) is 48.5 Å². The van der Waals surface area contributed by atoms with Crippen LogP contribution in [-0.4, -0.2) is 6.10 Å². The number of hydrogen-bond acceptors (Lipinski definition) is 3. The van der Waals surface area contributed by atoms with Gasteiger partial charge in [0.05, 0.1) is 12.1 Å². The van der Waals surface area contributed by atoms with E-state index < -0.39 is 0 Å². The molecule has 1 aliphatic carbocycles. The minimum Gasteiger partial charge on any atom is -0.491 e. The van der Waals surface area contributed by atoms with E-state index in [0.717, 1.165) is 12.2 Å². The highest BCUT2D eigenvalue weighted by atomic mass is 16.5. The molecule has 0 fully saturated rings. The van der Waals surface area contributed by atoms with E-state index in [0.29, 0.717) is 5.92 Å². The Hall–Kier alpha value is -1.84. The number of nitrogens with one attached hydrogen (secondary N) is 1. The van der Waals surface area contributed by atoms with Crippen LogP contribution in [0.3, 0.4) is 0 Å². The summed E-state index contributed by atoms with van der Waals surface area (Å²) in [4.78, 5) is 0. The number of fused-ring (bicyclic) bond motifs is 1. The third-order valence-corrected chi connectivity index (χ3v) is 4.07. The molecule has 0 aliphatic heterocycles. The summed E-state index contributed by atoms with van der Waals surface area (Å²) in [6.07, 6.45) is 1.24. The lowest BCUT2D eigenvalue weighted by Gasteiger charge is -2.36. The minimum atomic E-state index is 0.121. The molecular weight excluding hydrogens is 260 g/mol. The summed E-state index contributed by atoms with van der Waals surface area (Å²) in [6.45, 7) is 4.07. The van der Waals surface area contributed by atoms with Crippen LogP contribution in [0.4, 0.5) is 0 Å². The Bertz CT molecular complexity index is 624. The van der Waals surface area contributed by atoms with Gasteiger partial charge in [-0.2, -0.15) is 0 Å². The van der Waals surface area contributed by atoms with Crippen LogP contribution in [0.1, 0.15) is 42.5 Å². The van der Waals surface area contributed by atoms with Gasteiger partial charge in [-0.1, -0.05) is 36.4 Å². The van der Waals surface area contributed by atoms with Gasteiger partial charge in [-0.05, 0) is 49.1 Å². The Morgan fingerprint density at radius 2 is 1.95 bits per heavy atom. The zero-order valence-electron chi connectivity index (χ0n) is 12.5. The van der Waals surface area contributed by atoms with Gasteiger partial charge in [0.1, 0.15) is 5.75 Å². The molecule has 0 amide bonds. The van der Waals surface area contributed by atoms with Crippen LogP contribution in [0, 0.1) is 0 Å². The standard InChI is InChI=1S/C18H22N2O/c1-12(2)21-15-8-5-7-14(10-15)18(20-19)17-11-13-6-3-4-9-16(13)17/h3-10,12,17-18,20H,11,19H2,1-2H3. The van der Waals surface area contributed by atoms with Crippen molar-refractivity contribution in [3.63, 3.8) is 0 Å². The molecule has 110 valence electrons. The van der Waals surface area contributed by atoms with Gasteiger partial charge in [0.15, 0.2) is 0 Å². The van der Waals surface area contributed by atoms with Crippen LogP contribution in [0.25, 0.3) is 0 Å². The highest BCUT2D eigenvalue weighted by Crippen LogP contribution is 2.43. The Morgan fingerprint density at radius 3 is 2.67 bits per heavy atom. The van der Waals surface area contributed by atoms with E-state index in [4.69, 9.17) is 10.6 Å². The molecular formula is C18H22N2O. The highest BCUT2D eigenvalue weighted by Gasteiger charge is 2.33. The smallest absolute Gasteiger partial charge is 0.120 e. The molecule has 0 aromatic heterocycles. The number of hydrogen-bond donors (Lipinski definition) is 2. The second-order valence-electron chi connectivity index (χ2n) is 5.89. The normalized spacial score (nSPS) is 18.0. The van der Waals surface area contributed by atoms with E-state index in [1.54, 1.807) is 0 Å². The zero-order valence-corrected chi connectivity index (χ0v) is 12.5. The van der Waals surface area contributed by atoms with Crippen LogP contribution >= 0.6 is 0 Å². The van der Waals surface area contributed by atoms with Crippen molar-refractivity contribution in [3.05, 3.63) is 65.2 Å². The van der Waals surface area contributed by atoms with E-state index in [2.05, 4.69) is 41.8 Å². The Kier molecular flexibility index (Phi) is 3.95. The first-order valence-electron chi connectivity index (χ1n) is 7.49. The molecule has 0 spiro atoms. The number of nitrogens with two attached hydrogens (primary N) is 1. The Balaban J connectivity index is 1.85. The van der Waals surface area contributed by atoms with Crippen molar-refractivity contribution in [2.24, 2.45) is 5.84 Å². The molecule has 21 heavy (non-hydrogen) atoms. The molecule has 1 aliphatic rings. The van der Waals surface area contributed by atoms with Gasteiger partial charge < -0.3 is 4.74 Å². The molecule has 0 bridgehead atoms. The second-order valence-corrected chi connectivity index (χ2v) is 5.89. The predicted octanol–water partition coefficient (Wildman–Crippen LogP) is 3.32. The Morgan fingerprint density at radius 1 is 1.14 bits per heavy atom. The lowest BCUT2D eigenvalue weighted by molar-refractivity contribution is 0.242. The predicted molar refractivity (Wildman–Crippen MR) is 85.2 cm³/mol. The van der Waals surface area contributed by atoms with E-state index in [-0.39, 0.29) is 12.1 Å². The van der Waals surface area contributed by atoms with Gasteiger partial charge in [0.25, 0.3) is 0 Å². The summed E-state index contributed by atoms with van der Waals surface area (Å²) in [5.74, 6) is 7.16. The first kappa shape index (κ1) is 14.1. The first-order valence-corrected chi connectivity index (χ1v) is 7.49. The highest BCUT2D eigenvalue weighted by molar-refractivity contribution is 5.44. The fourth-order valence-corrected chi connectivity index (χ4v) is 3.09. The first-order chi connectivity index (χ1) is 10.2. The average molecular weight is 282 g/mol. The molecule has 3 heteroatoms. The quantitative estimate of drug-likeness (QED) is 0.653. The number of ether oxygens (including phenoxy) is 1.